The van der Waals surface area contributed by atoms with E-state index < -0.39 is 0 Å². The van der Waals surface area contributed by atoms with E-state index in [1.807, 2.05) is 24.3 Å². The van der Waals surface area contributed by atoms with E-state index in [4.69, 9.17) is 4.74 Å². The molecule has 1 aromatic rings. The number of rotatable bonds is 3. The number of hydrogen-bond donors (Lipinski definition) is 1. The summed E-state index contributed by atoms with van der Waals surface area (Å²) in [5.41, 5.74) is 0.887. The van der Waals surface area contributed by atoms with Gasteiger partial charge in [-0.1, -0.05) is 22.0 Å². The molecule has 98 valence electrons. The van der Waals surface area contributed by atoms with Crippen LogP contribution in [0.5, 0.6) is 0 Å². The number of hydrogen-bond acceptors (Lipinski definition) is 3. The summed E-state index contributed by atoms with van der Waals surface area (Å²) in [4.78, 5) is 13.8. The van der Waals surface area contributed by atoms with Gasteiger partial charge in [-0.15, -0.1) is 0 Å². The number of morpholine rings is 1. The van der Waals surface area contributed by atoms with Gasteiger partial charge in [-0.05, 0) is 18.2 Å². The van der Waals surface area contributed by atoms with E-state index in [1.54, 1.807) is 11.9 Å². The molecule has 0 spiro atoms. The number of amides is 1. The lowest BCUT2D eigenvalue weighted by Gasteiger charge is -2.25. The van der Waals surface area contributed by atoms with Gasteiger partial charge in [-0.25, -0.2) is 0 Å². The molecule has 1 atom stereocenters. The fraction of sp³-hybridized carbons (Fsp3) is 0.462. The molecule has 1 heterocycles. The quantitative estimate of drug-likeness (QED) is 0.925. The molecule has 2 rings (SSSR count). The molecular formula is C13H17BrN2O2. The van der Waals surface area contributed by atoms with Crippen LogP contribution in [-0.2, 0) is 9.53 Å². The van der Waals surface area contributed by atoms with Gasteiger partial charge in [0.15, 0.2) is 0 Å². The number of nitrogens with zero attached hydrogens (tertiary/aromatic N) is 1. The third kappa shape index (κ3) is 3.54. The first-order valence-electron chi connectivity index (χ1n) is 6.01. The van der Waals surface area contributed by atoms with E-state index in [1.165, 1.54) is 0 Å². The molecule has 5 heteroatoms. The average Bonchev–Trinajstić information content (AvgIpc) is 2.39. The summed E-state index contributed by atoms with van der Waals surface area (Å²) in [6.07, 6.45) is 0.400. The van der Waals surface area contributed by atoms with Crippen LogP contribution in [0.25, 0.3) is 0 Å². The standard InChI is InChI=1S/C13H17BrN2O2/c1-16(11-4-2-3-10(14)7-11)13(17)8-12-9-15-5-6-18-12/h2-4,7,12,15H,5-6,8-9H2,1H3. The Kier molecular flexibility index (Phi) is 4.74. The van der Waals surface area contributed by atoms with Gasteiger partial charge >= 0.3 is 0 Å². The van der Waals surface area contributed by atoms with Crippen molar-refractivity contribution in [1.29, 1.82) is 0 Å². The first kappa shape index (κ1) is 13.5. The largest absolute Gasteiger partial charge is 0.375 e. The summed E-state index contributed by atoms with van der Waals surface area (Å²) in [5.74, 6) is 0.0711. The summed E-state index contributed by atoms with van der Waals surface area (Å²) in [5, 5.41) is 3.22. The van der Waals surface area contributed by atoms with Gasteiger partial charge in [0.25, 0.3) is 0 Å². The maximum Gasteiger partial charge on any atom is 0.229 e. The van der Waals surface area contributed by atoms with Crippen LogP contribution in [0.4, 0.5) is 5.69 Å². The summed E-state index contributed by atoms with van der Waals surface area (Å²) in [7, 11) is 1.79. The van der Waals surface area contributed by atoms with Gasteiger partial charge in [0.1, 0.15) is 0 Å². The number of benzene rings is 1. The summed E-state index contributed by atoms with van der Waals surface area (Å²) >= 11 is 3.41. The van der Waals surface area contributed by atoms with Crippen molar-refractivity contribution in [3.8, 4) is 0 Å². The van der Waals surface area contributed by atoms with Crippen LogP contribution in [0.2, 0.25) is 0 Å². The van der Waals surface area contributed by atoms with Gasteiger partial charge in [0, 0.05) is 30.3 Å². The van der Waals surface area contributed by atoms with E-state index in [-0.39, 0.29) is 12.0 Å². The fourth-order valence-electron chi connectivity index (χ4n) is 1.91. The molecule has 1 aliphatic heterocycles. The van der Waals surface area contributed by atoms with E-state index in [0.29, 0.717) is 13.0 Å². The highest BCUT2D eigenvalue weighted by Gasteiger charge is 2.20. The molecule has 0 aromatic heterocycles. The number of carbonyl (C=O) groups is 1. The molecule has 1 saturated heterocycles. The third-order valence-electron chi connectivity index (χ3n) is 2.98. The molecule has 18 heavy (non-hydrogen) atoms. The zero-order valence-electron chi connectivity index (χ0n) is 10.4. The Balaban J connectivity index is 1.95. The molecule has 0 aliphatic carbocycles. The average molecular weight is 313 g/mol. The first-order valence-corrected chi connectivity index (χ1v) is 6.80. The summed E-state index contributed by atoms with van der Waals surface area (Å²) in [6, 6.07) is 7.71. The lowest BCUT2D eigenvalue weighted by atomic mass is 10.2. The zero-order valence-corrected chi connectivity index (χ0v) is 11.9. The highest BCUT2D eigenvalue weighted by molar-refractivity contribution is 9.10. The first-order chi connectivity index (χ1) is 8.66. The molecular weight excluding hydrogens is 296 g/mol. The number of carbonyl (C=O) groups excluding carboxylic acids is 1. The molecule has 1 fully saturated rings. The SMILES string of the molecule is CN(C(=O)CC1CNCCO1)c1cccc(Br)c1. The lowest BCUT2D eigenvalue weighted by Crippen LogP contribution is -2.41. The van der Waals surface area contributed by atoms with Gasteiger partial charge in [0.05, 0.1) is 19.1 Å². The van der Waals surface area contributed by atoms with Gasteiger partial charge < -0.3 is 15.0 Å². The highest BCUT2D eigenvalue weighted by Crippen LogP contribution is 2.20. The van der Waals surface area contributed by atoms with Crippen molar-refractivity contribution in [2.24, 2.45) is 0 Å². The van der Waals surface area contributed by atoms with Crippen molar-refractivity contribution in [2.45, 2.75) is 12.5 Å². The summed E-state index contributed by atoms with van der Waals surface area (Å²) < 4.78 is 6.51. The van der Waals surface area contributed by atoms with E-state index in [9.17, 15) is 4.79 Å². The van der Waals surface area contributed by atoms with Gasteiger partial charge in [0.2, 0.25) is 5.91 Å². The molecule has 1 unspecified atom stereocenters. The third-order valence-corrected chi connectivity index (χ3v) is 3.47. The van der Waals surface area contributed by atoms with Crippen LogP contribution in [0.1, 0.15) is 6.42 Å². The molecule has 1 N–H and O–H groups in total. The van der Waals surface area contributed by atoms with E-state index in [2.05, 4.69) is 21.2 Å². The number of nitrogens with one attached hydrogen (secondary N) is 1. The molecule has 1 aliphatic rings. The molecule has 4 nitrogen and oxygen atoms in total. The van der Waals surface area contributed by atoms with Crippen molar-refractivity contribution in [2.75, 3.05) is 31.6 Å². The monoisotopic (exact) mass is 312 g/mol. The predicted octanol–water partition coefficient (Wildman–Crippen LogP) is 1.79. The van der Waals surface area contributed by atoms with E-state index in [0.717, 1.165) is 23.2 Å². The molecule has 1 aromatic carbocycles. The minimum atomic E-state index is -0.0131. The lowest BCUT2D eigenvalue weighted by molar-refractivity contribution is -0.121. The minimum Gasteiger partial charge on any atom is -0.375 e. The maximum atomic E-state index is 12.1. The van der Waals surface area contributed by atoms with Crippen molar-refractivity contribution in [3.05, 3.63) is 28.7 Å². The van der Waals surface area contributed by atoms with Crippen molar-refractivity contribution < 1.29 is 9.53 Å². The van der Waals surface area contributed by atoms with Gasteiger partial charge in [-0.3, -0.25) is 4.79 Å². The van der Waals surface area contributed by atoms with Crippen LogP contribution < -0.4 is 10.2 Å². The summed E-state index contributed by atoms with van der Waals surface area (Å²) in [6.45, 7) is 2.29. The topological polar surface area (TPSA) is 41.6 Å². The van der Waals surface area contributed by atoms with Crippen LogP contribution in [-0.4, -0.2) is 38.8 Å². The highest BCUT2D eigenvalue weighted by atomic mass is 79.9. The maximum absolute atomic E-state index is 12.1. The Morgan fingerprint density at radius 1 is 1.61 bits per heavy atom. The Bertz CT molecular complexity index is 419. The predicted molar refractivity (Wildman–Crippen MR) is 74.8 cm³/mol. The van der Waals surface area contributed by atoms with Crippen LogP contribution >= 0.6 is 15.9 Å². The second kappa shape index (κ2) is 6.31. The minimum absolute atomic E-state index is 0.0131. The Morgan fingerprint density at radius 2 is 2.44 bits per heavy atom. The molecule has 0 bridgehead atoms. The van der Waals surface area contributed by atoms with Gasteiger partial charge in [-0.2, -0.15) is 0 Å². The van der Waals surface area contributed by atoms with Crippen LogP contribution in [0.15, 0.2) is 28.7 Å². The molecule has 0 saturated carbocycles. The Morgan fingerprint density at radius 3 is 3.11 bits per heavy atom. The van der Waals surface area contributed by atoms with Crippen LogP contribution in [0, 0.1) is 0 Å². The zero-order chi connectivity index (χ0) is 13.0. The fourth-order valence-corrected chi connectivity index (χ4v) is 2.30. The smallest absolute Gasteiger partial charge is 0.229 e. The molecule has 1 amide bonds. The van der Waals surface area contributed by atoms with Crippen molar-refractivity contribution >= 4 is 27.5 Å². The number of anilines is 1. The molecule has 0 radical (unpaired) electrons. The second-order valence-corrected chi connectivity index (χ2v) is 5.25. The number of halogens is 1. The van der Waals surface area contributed by atoms with Crippen molar-refractivity contribution in [1.82, 2.24) is 5.32 Å². The normalized spacial score (nSPS) is 19.6. The Hall–Kier alpha value is -0.910. The number of ether oxygens (including phenoxy) is 1. The van der Waals surface area contributed by atoms with E-state index >= 15 is 0 Å². The van der Waals surface area contributed by atoms with Crippen LogP contribution in [0.3, 0.4) is 0 Å². The van der Waals surface area contributed by atoms with Crippen molar-refractivity contribution in [3.63, 3.8) is 0 Å². The Labute approximate surface area is 115 Å². The second-order valence-electron chi connectivity index (χ2n) is 4.33.